The fourth-order valence-corrected chi connectivity index (χ4v) is 5.27. The number of para-hydroxylation sites is 1. The van der Waals surface area contributed by atoms with E-state index in [2.05, 4.69) is 5.32 Å². The summed E-state index contributed by atoms with van der Waals surface area (Å²) in [5.41, 5.74) is 2.50. The highest BCUT2D eigenvalue weighted by atomic mass is 35.5. The number of nitrogens with one attached hydrogen (secondary N) is 1. The highest BCUT2D eigenvalue weighted by molar-refractivity contribution is 7.15. The monoisotopic (exact) mass is 471 g/mol. The largest absolute Gasteiger partial charge is 0.493 e. The van der Waals surface area contributed by atoms with Gasteiger partial charge in [-0.25, -0.2) is 4.79 Å². The molecule has 8 heteroatoms. The zero-order chi connectivity index (χ0) is 22.8. The first kappa shape index (κ1) is 22.2. The maximum absolute atomic E-state index is 12.8. The van der Waals surface area contributed by atoms with Gasteiger partial charge in [0.15, 0.2) is 11.5 Å². The number of carboxylic acid groups (broad SMARTS) is 1. The number of benzene rings is 2. The number of hydrogen-bond acceptors (Lipinski definition) is 5. The summed E-state index contributed by atoms with van der Waals surface area (Å²) in [5, 5.41) is 13.4. The standard InChI is InChI=1S/C24H22ClNO5S/c1-3-11-31-21-15(5-4-6-17(21)30-2)16-12-18(27)26-20-19(13-7-9-14(25)10-8-13)23(24(28)29)32-22(16)20/h4-10,16H,3,11-12H2,1-2H3,(H,26,27)(H,28,29)/t16-/m0/s1. The van der Waals surface area contributed by atoms with Crippen LogP contribution >= 0.6 is 22.9 Å². The van der Waals surface area contributed by atoms with Crippen molar-refractivity contribution in [1.29, 1.82) is 0 Å². The molecule has 0 fully saturated rings. The van der Waals surface area contributed by atoms with Gasteiger partial charge in [0.2, 0.25) is 5.91 Å². The van der Waals surface area contributed by atoms with Crippen LogP contribution < -0.4 is 14.8 Å². The third kappa shape index (κ3) is 4.06. The lowest BCUT2D eigenvalue weighted by Crippen LogP contribution is -2.23. The Morgan fingerprint density at radius 3 is 2.66 bits per heavy atom. The van der Waals surface area contributed by atoms with Gasteiger partial charge in [0.05, 0.1) is 19.4 Å². The lowest BCUT2D eigenvalue weighted by Gasteiger charge is -2.26. The Labute approximate surface area is 194 Å². The van der Waals surface area contributed by atoms with Crippen LogP contribution in [0, 0.1) is 0 Å². The average molecular weight is 472 g/mol. The lowest BCUT2D eigenvalue weighted by molar-refractivity contribution is -0.116. The zero-order valence-electron chi connectivity index (χ0n) is 17.6. The van der Waals surface area contributed by atoms with E-state index in [4.69, 9.17) is 21.1 Å². The minimum Gasteiger partial charge on any atom is -0.493 e. The smallest absolute Gasteiger partial charge is 0.346 e. The van der Waals surface area contributed by atoms with Gasteiger partial charge in [-0.05, 0) is 30.2 Å². The summed E-state index contributed by atoms with van der Waals surface area (Å²) in [6, 6.07) is 12.5. The maximum atomic E-state index is 12.8. The summed E-state index contributed by atoms with van der Waals surface area (Å²) in [4.78, 5) is 25.8. The van der Waals surface area contributed by atoms with Crippen LogP contribution in [0.3, 0.4) is 0 Å². The molecular formula is C24H22ClNO5S. The van der Waals surface area contributed by atoms with Crippen LogP contribution in [0.2, 0.25) is 5.02 Å². The molecule has 2 N–H and O–H groups in total. The molecule has 0 spiro atoms. The zero-order valence-corrected chi connectivity index (χ0v) is 19.2. The van der Waals surface area contributed by atoms with E-state index < -0.39 is 5.97 Å². The summed E-state index contributed by atoms with van der Waals surface area (Å²) >= 11 is 7.20. The molecule has 0 bridgehead atoms. The average Bonchev–Trinajstić information content (AvgIpc) is 3.17. The number of aromatic carboxylic acids is 1. The van der Waals surface area contributed by atoms with Gasteiger partial charge in [-0.1, -0.05) is 42.8 Å². The Hall–Kier alpha value is -3.03. The maximum Gasteiger partial charge on any atom is 0.346 e. The molecule has 2 aromatic carbocycles. The SMILES string of the molecule is CCCOc1c(OC)cccc1[C@@H]1CC(=O)Nc2c1sc(C(=O)O)c2-c1ccc(Cl)cc1. The topological polar surface area (TPSA) is 84.9 Å². The van der Waals surface area contributed by atoms with Crippen molar-refractivity contribution in [2.75, 3.05) is 19.0 Å². The molecule has 0 aliphatic carbocycles. The molecule has 6 nitrogen and oxygen atoms in total. The number of anilines is 1. The lowest BCUT2D eigenvalue weighted by atomic mass is 9.88. The Balaban J connectivity index is 1.92. The van der Waals surface area contributed by atoms with Crippen molar-refractivity contribution in [2.24, 2.45) is 0 Å². The fraction of sp³-hybridized carbons (Fsp3) is 0.250. The van der Waals surface area contributed by atoms with Crippen molar-refractivity contribution in [3.63, 3.8) is 0 Å². The van der Waals surface area contributed by atoms with E-state index in [1.807, 2.05) is 25.1 Å². The Bertz CT molecular complexity index is 1170. The molecule has 0 radical (unpaired) electrons. The number of thiophene rings is 1. The predicted molar refractivity (Wildman–Crippen MR) is 126 cm³/mol. The van der Waals surface area contributed by atoms with E-state index in [9.17, 15) is 14.7 Å². The molecule has 1 amide bonds. The van der Waals surface area contributed by atoms with E-state index in [0.717, 1.165) is 16.9 Å². The second-order valence-corrected chi connectivity index (χ2v) is 8.88. The molecule has 1 aliphatic rings. The van der Waals surface area contributed by atoms with Crippen molar-refractivity contribution in [3.8, 4) is 22.6 Å². The van der Waals surface area contributed by atoms with Crippen LogP contribution in [0.5, 0.6) is 11.5 Å². The predicted octanol–water partition coefficient (Wildman–Crippen LogP) is 6.04. The highest BCUT2D eigenvalue weighted by Gasteiger charge is 2.36. The third-order valence-corrected chi connectivity index (χ3v) is 6.83. The minimum absolute atomic E-state index is 0.170. The number of carbonyl (C=O) groups excluding carboxylic acids is 1. The van der Waals surface area contributed by atoms with Crippen molar-refractivity contribution < 1.29 is 24.2 Å². The number of hydrogen-bond donors (Lipinski definition) is 2. The molecule has 1 atom stereocenters. The van der Waals surface area contributed by atoms with Crippen molar-refractivity contribution in [3.05, 3.63) is 62.8 Å². The van der Waals surface area contributed by atoms with Gasteiger partial charge in [0.25, 0.3) is 0 Å². The Morgan fingerprint density at radius 1 is 1.25 bits per heavy atom. The molecular weight excluding hydrogens is 450 g/mol. The van der Waals surface area contributed by atoms with Gasteiger partial charge < -0.3 is 19.9 Å². The molecule has 4 rings (SSSR count). The summed E-state index contributed by atoms with van der Waals surface area (Å²) in [5.74, 6) is -0.422. The van der Waals surface area contributed by atoms with Crippen LogP contribution in [0.15, 0.2) is 42.5 Å². The number of rotatable bonds is 7. The number of ether oxygens (including phenoxy) is 2. The summed E-state index contributed by atoms with van der Waals surface area (Å²) in [6.07, 6.45) is 0.999. The van der Waals surface area contributed by atoms with Gasteiger partial charge in [-0.15, -0.1) is 11.3 Å². The quantitative estimate of drug-likeness (QED) is 0.439. The van der Waals surface area contributed by atoms with Crippen molar-refractivity contribution in [2.45, 2.75) is 25.7 Å². The molecule has 166 valence electrons. The number of amides is 1. The summed E-state index contributed by atoms with van der Waals surface area (Å²) in [6.45, 7) is 2.51. The number of carbonyl (C=O) groups is 2. The molecule has 1 aromatic heterocycles. The number of carboxylic acids is 1. The summed E-state index contributed by atoms with van der Waals surface area (Å²) in [7, 11) is 1.57. The second kappa shape index (κ2) is 9.22. The van der Waals surface area contributed by atoms with Crippen molar-refractivity contribution >= 4 is 40.5 Å². The van der Waals surface area contributed by atoms with Crippen molar-refractivity contribution in [1.82, 2.24) is 0 Å². The third-order valence-electron chi connectivity index (χ3n) is 5.29. The first-order chi connectivity index (χ1) is 15.4. The van der Waals surface area contributed by atoms with E-state index in [-0.39, 0.29) is 23.1 Å². The first-order valence-corrected chi connectivity index (χ1v) is 11.4. The molecule has 1 aliphatic heterocycles. The number of methoxy groups -OCH3 is 1. The van der Waals surface area contributed by atoms with E-state index in [1.54, 1.807) is 31.4 Å². The molecule has 0 unspecified atom stereocenters. The van der Waals surface area contributed by atoms with E-state index >= 15 is 0 Å². The minimum atomic E-state index is -1.05. The van der Waals surface area contributed by atoms with Crippen LogP contribution in [-0.2, 0) is 4.79 Å². The molecule has 3 aromatic rings. The molecule has 0 saturated carbocycles. The molecule has 2 heterocycles. The Morgan fingerprint density at radius 2 is 2.00 bits per heavy atom. The molecule has 0 saturated heterocycles. The van der Waals surface area contributed by atoms with Gasteiger partial charge >= 0.3 is 5.97 Å². The van der Waals surface area contributed by atoms with Crippen LogP contribution in [0.4, 0.5) is 5.69 Å². The highest BCUT2D eigenvalue weighted by Crippen LogP contribution is 2.51. The van der Waals surface area contributed by atoms with Crippen LogP contribution in [0.25, 0.3) is 11.1 Å². The van der Waals surface area contributed by atoms with Gasteiger partial charge in [0.1, 0.15) is 4.88 Å². The summed E-state index contributed by atoms with van der Waals surface area (Å²) < 4.78 is 11.5. The number of fused-ring (bicyclic) bond motifs is 1. The van der Waals surface area contributed by atoms with Crippen LogP contribution in [0.1, 0.15) is 45.8 Å². The normalized spacial score (nSPS) is 15.1. The second-order valence-electron chi connectivity index (χ2n) is 7.39. The van der Waals surface area contributed by atoms with Gasteiger partial charge in [-0.2, -0.15) is 0 Å². The first-order valence-electron chi connectivity index (χ1n) is 10.2. The van der Waals surface area contributed by atoms with Gasteiger partial charge in [0, 0.05) is 33.4 Å². The van der Waals surface area contributed by atoms with E-state index in [0.29, 0.717) is 39.9 Å². The Kier molecular flexibility index (Phi) is 6.39. The van der Waals surface area contributed by atoms with E-state index in [1.165, 1.54) is 11.3 Å². The number of halogens is 1. The van der Waals surface area contributed by atoms with Crippen LogP contribution in [-0.4, -0.2) is 30.7 Å². The van der Waals surface area contributed by atoms with Gasteiger partial charge in [-0.3, -0.25) is 4.79 Å². The fourth-order valence-electron chi connectivity index (χ4n) is 3.91. The molecule has 32 heavy (non-hydrogen) atoms.